The minimum atomic E-state index is -0.372. The van der Waals surface area contributed by atoms with E-state index in [1.165, 1.54) is 0 Å². The zero-order valence-corrected chi connectivity index (χ0v) is 12.8. The molecule has 0 amide bonds. The average Bonchev–Trinajstić information content (AvgIpc) is 2.60. The van der Waals surface area contributed by atoms with Gasteiger partial charge in [-0.1, -0.05) is 24.3 Å². The molecule has 1 aromatic carbocycles. The van der Waals surface area contributed by atoms with Crippen LogP contribution in [0.1, 0.15) is 33.3 Å². The van der Waals surface area contributed by atoms with Crippen LogP contribution in [0.4, 0.5) is 0 Å². The van der Waals surface area contributed by atoms with Crippen LogP contribution in [-0.2, 0) is 9.31 Å². The highest BCUT2D eigenvalue weighted by Gasteiger charge is 2.51. The Balaban J connectivity index is 2.32. The summed E-state index contributed by atoms with van der Waals surface area (Å²) in [7, 11) is 1.33. The average molecular weight is 272 g/mol. The summed E-state index contributed by atoms with van der Waals surface area (Å²) in [6.45, 7) is 11.7. The molecule has 0 bridgehead atoms. The van der Waals surface area contributed by atoms with Gasteiger partial charge in [-0.05, 0) is 39.9 Å². The summed E-state index contributed by atoms with van der Waals surface area (Å²) < 4.78 is 12.1. The van der Waals surface area contributed by atoms with Crippen LogP contribution in [0.5, 0.6) is 0 Å². The van der Waals surface area contributed by atoms with Crippen molar-refractivity contribution >= 4 is 25.1 Å². The Labute approximate surface area is 121 Å². The zero-order chi connectivity index (χ0) is 15.0. The van der Waals surface area contributed by atoms with E-state index in [9.17, 15) is 0 Å². The summed E-state index contributed by atoms with van der Waals surface area (Å²) >= 11 is 0. The first-order chi connectivity index (χ1) is 9.30. The van der Waals surface area contributed by atoms with Gasteiger partial charge in [0.25, 0.3) is 0 Å². The maximum absolute atomic E-state index is 6.04. The van der Waals surface area contributed by atoms with Crippen LogP contribution in [0.15, 0.2) is 34.3 Å². The summed E-state index contributed by atoms with van der Waals surface area (Å²) in [6.07, 6.45) is 0. The van der Waals surface area contributed by atoms with Gasteiger partial charge in [-0.25, -0.2) is 4.99 Å². The molecule has 20 heavy (non-hydrogen) atoms. The van der Waals surface area contributed by atoms with Gasteiger partial charge in [-0.3, -0.25) is 4.99 Å². The normalized spacial score (nSPS) is 21.1. The van der Waals surface area contributed by atoms with Crippen molar-refractivity contribution in [2.45, 2.75) is 38.9 Å². The van der Waals surface area contributed by atoms with Crippen molar-refractivity contribution in [3.05, 3.63) is 29.8 Å². The van der Waals surface area contributed by atoms with Crippen molar-refractivity contribution in [3.63, 3.8) is 0 Å². The SMILES string of the molecule is C=NC(=NC)c1cccc(B2OC(C)(C)C(C)(C)O2)c1. The van der Waals surface area contributed by atoms with Crippen LogP contribution < -0.4 is 5.46 Å². The Morgan fingerprint density at radius 1 is 1.15 bits per heavy atom. The van der Waals surface area contributed by atoms with E-state index in [4.69, 9.17) is 9.31 Å². The molecule has 1 saturated heterocycles. The Bertz CT molecular complexity index is 537. The first kappa shape index (κ1) is 14.9. The van der Waals surface area contributed by atoms with E-state index in [0.717, 1.165) is 11.0 Å². The number of hydrogen-bond donors (Lipinski definition) is 0. The summed E-state index contributed by atoms with van der Waals surface area (Å²) in [5.74, 6) is 0.614. The molecule has 106 valence electrons. The maximum atomic E-state index is 6.04. The van der Waals surface area contributed by atoms with E-state index in [1.807, 2.05) is 52.0 Å². The van der Waals surface area contributed by atoms with Gasteiger partial charge in [-0.15, -0.1) is 0 Å². The van der Waals surface area contributed by atoms with Gasteiger partial charge in [-0.2, -0.15) is 0 Å². The minimum absolute atomic E-state index is 0.341. The number of amidine groups is 1. The van der Waals surface area contributed by atoms with Crippen molar-refractivity contribution in [3.8, 4) is 0 Å². The van der Waals surface area contributed by atoms with Crippen molar-refractivity contribution in [1.82, 2.24) is 0 Å². The molecule has 0 saturated carbocycles. The molecule has 1 heterocycles. The highest BCUT2D eigenvalue weighted by molar-refractivity contribution is 6.62. The van der Waals surface area contributed by atoms with Crippen molar-refractivity contribution in [1.29, 1.82) is 0 Å². The Hall–Kier alpha value is -1.46. The van der Waals surface area contributed by atoms with Gasteiger partial charge in [0.05, 0.1) is 11.2 Å². The third kappa shape index (κ3) is 2.56. The summed E-state index contributed by atoms with van der Waals surface area (Å²) in [5, 5.41) is 0. The highest BCUT2D eigenvalue weighted by atomic mass is 16.7. The second-order valence-electron chi connectivity index (χ2n) is 5.92. The second-order valence-corrected chi connectivity index (χ2v) is 5.92. The first-order valence-corrected chi connectivity index (χ1v) is 6.70. The van der Waals surface area contributed by atoms with Crippen LogP contribution in [0.25, 0.3) is 0 Å². The van der Waals surface area contributed by atoms with Gasteiger partial charge < -0.3 is 9.31 Å². The van der Waals surface area contributed by atoms with E-state index < -0.39 is 0 Å². The lowest BCUT2D eigenvalue weighted by molar-refractivity contribution is 0.00578. The largest absolute Gasteiger partial charge is 0.494 e. The van der Waals surface area contributed by atoms with E-state index in [1.54, 1.807) is 7.05 Å². The van der Waals surface area contributed by atoms with E-state index in [2.05, 4.69) is 16.7 Å². The molecule has 0 atom stereocenters. The number of nitrogens with zero attached hydrogens (tertiary/aromatic N) is 2. The molecule has 2 rings (SSSR count). The van der Waals surface area contributed by atoms with Crippen LogP contribution in [0.3, 0.4) is 0 Å². The minimum Gasteiger partial charge on any atom is -0.399 e. The molecule has 5 heteroatoms. The van der Waals surface area contributed by atoms with Crippen LogP contribution in [-0.4, -0.2) is 37.9 Å². The molecule has 1 aliphatic heterocycles. The fourth-order valence-corrected chi connectivity index (χ4v) is 2.09. The number of rotatable bonds is 2. The predicted molar refractivity (Wildman–Crippen MR) is 84.2 cm³/mol. The van der Waals surface area contributed by atoms with Gasteiger partial charge in [0.2, 0.25) is 0 Å². The lowest BCUT2D eigenvalue weighted by Gasteiger charge is -2.32. The lowest BCUT2D eigenvalue weighted by Crippen LogP contribution is -2.41. The molecular weight excluding hydrogens is 251 g/mol. The summed E-state index contributed by atoms with van der Waals surface area (Å²) in [4.78, 5) is 8.03. The summed E-state index contributed by atoms with van der Waals surface area (Å²) in [6, 6.07) is 7.87. The van der Waals surface area contributed by atoms with Gasteiger partial charge >= 0.3 is 7.12 Å². The lowest BCUT2D eigenvalue weighted by atomic mass is 9.78. The molecule has 0 N–H and O–H groups in total. The summed E-state index contributed by atoms with van der Waals surface area (Å²) in [5.41, 5.74) is 1.19. The number of benzene rings is 1. The molecule has 1 fully saturated rings. The molecule has 0 aliphatic carbocycles. The predicted octanol–water partition coefficient (Wildman–Crippen LogP) is 2.06. The topological polar surface area (TPSA) is 43.2 Å². The second kappa shape index (κ2) is 5.15. The van der Waals surface area contributed by atoms with Crippen molar-refractivity contribution in [2.24, 2.45) is 9.98 Å². The van der Waals surface area contributed by atoms with Gasteiger partial charge in [0.15, 0.2) is 5.84 Å². The first-order valence-electron chi connectivity index (χ1n) is 6.70. The Morgan fingerprint density at radius 2 is 1.75 bits per heavy atom. The fraction of sp³-hybridized carbons (Fsp3) is 0.467. The molecular formula is C15H21BN2O2. The molecule has 0 radical (unpaired) electrons. The zero-order valence-electron chi connectivity index (χ0n) is 12.8. The quantitative estimate of drug-likeness (QED) is 0.470. The maximum Gasteiger partial charge on any atom is 0.494 e. The van der Waals surface area contributed by atoms with Crippen LogP contribution in [0, 0.1) is 0 Å². The van der Waals surface area contributed by atoms with Crippen molar-refractivity contribution < 1.29 is 9.31 Å². The van der Waals surface area contributed by atoms with E-state index >= 15 is 0 Å². The van der Waals surface area contributed by atoms with E-state index in [-0.39, 0.29) is 18.3 Å². The molecule has 0 aromatic heterocycles. The fourth-order valence-electron chi connectivity index (χ4n) is 2.09. The standard InChI is InChI=1S/C15H21BN2O2/c1-14(2)15(3,4)20-16(19-14)12-9-7-8-11(10-12)13(17-5)18-6/h7-10H,5H2,1-4,6H3. The van der Waals surface area contributed by atoms with Gasteiger partial charge in [0.1, 0.15) is 0 Å². The molecule has 0 unspecified atom stereocenters. The van der Waals surface area contributed by atoms with E-state index in [0.29, 0.717) is 5.84 Å². The molecule has 0 spiro atoms. The van der Waals surface area contributed by atoms with Crippen molar-refractivity contribution in [2.75, 3.05) is 7.05 Å². The van der Waals surface area contributed by atoms with Crippen LogP contribution in [0.2, 0.25) is 0 Å². The van der Waals surface area contributed by atoms with Gasteiger partial charge in [0, 0.05) is 12.6 Å². The Kier molecular flexibility index (Phi) is 3.85. The molecule has 4 nitrogen and oxygen atoms in total. The smallest absolute Gasteiger partial charge is 0.399 e. The third-order valence-corrected chi connectivity index (χ3v) is 4.03. The molecule has 1 aliphatic rings. The third-order valence-electron chi connectivity index (χ3n) is 4.03. The monoisotopic (exact) mass is 272 g/mol. The number of aliphatic imine (C=N–C) groups is 2. The van der Waals surface area contributed by atoms with Crippen LogP contribution >= 0.6 is 0 Å². The highest BCUT2D eigenvalue weighted by Crippen LogP contribution is 2.36. The Morgan fingerprint density at radius 3 is 2.25 bits per heavy atom. The number of hydrogen-bond acceptors (Lipinski definition) is 3. The molecule has 1 aromatic rings.